The number of piperazine rings is 1. The molecule has 0 bridgehead atoms. The second-order valence-corrected chi connectivity index (χ2v) is 6.00. The molecule has 1 fully saturated rings. The predicted molar refractivity (Wildman–Crippen MR) is 80.1 cm³/mol. The van der Waals surface area contributed by atoms with Gasteiger partial charge in [-0.3, -0.25) is 9.59 Å². The van der Waals surface area contributed by atoms with Gasteiger partial charge in [0.2, 0.25) is 5.91 Å². The number of thiophene rings is 1. The Morgan fingerprint density at radius 1 is 1.50 bits per heavy atom. The number of hydrogen-bond donors (Lipinski definition) is 1. The van der Waals surface area contributed by atoms with E-state index in [1.165, 1.54) is 11.3 Å². The molecule has 1 unspecified atom stereocenters. The molecular formula is C14H21N3O2S. The average Bonchev–Trinajstić information content (AvgIpc) is 2.94. The van der Waals surface area contributed by atoms with Crippen molar-refractivity contribution in [3.8, 4) is 0 Å². The van der Waals surface area contributed by atoms with Crippen LogP contribution in [0.1, 0.15) is 22.2 Å². The topological polar surface area (TPSA) is 52.7 Å². The fourth-order valence-electron chi connectivity index (χ4n) is 2.40. The molecule has 20 heavy (non-hydrogen) atoms. The first-order valence-corrected chi connectivity index (χ1v) is 7.73. The third-order valence-corrected chi connectivity index (χ3v) is 4.50. The zero-order valence-electron chi connectivity index (χ0n) is 12.2. The lowest BCUT2D eigenvalue weighted by Crippen LogP contribution is -2.59. The Hall–Kier alpha value is -1.40. The van der Waals surface area contributed by atoms with Gasteiger partial charge in [0.25, 0.3) is 5.91 Å². The van der Waals surface area contributed by atoms with E-state index >= 15 is 0 Å². The minimum atomic E-state index is -0.405. The third-order valence-electron chi connectivity index (χ3n) is 3.55. The first kappa shape index (κ1) is 15.0. The summed E-state index contributed by atoms with van der Waals surface area (Å²) < 4.78 is 0. The number of amides is 2. The Labute approximate surface area is 123 Å². The van der Waals surface area contributed by atoms with E-state index in [0.29, 0.717) is 13.1 Å². The molecule has 0 spiro atoms. The van der Waals surface area contributed by atoms with Crippen molar-refractivity contribution in [1.82, 2.24) is 15.1 Å². The molecule has 2 rings (SSSR count). The van der Waals surface area contributed by atoms with Crippen molar-refractivity contribution in [1.29, 1.82) is 0 Å². The fourth-order valence-corrected chi connectivity index (χ4v) is 3.35. The zero-order valence-corrected chi connectivity index (χ0v) is 13.0. The lowest BCUT2D eigenvalue weighted by atomic mass is 10.1. The molecule has 110 valence electrons. The summed E-state index contributed by atoms with van der Waals surface area (Å²) >= 11 is 1.46. The summed E-state index contributed by atoms with van der Waals surface area (Å²) in [7, 11) is 3.45. The molecule has 6 heteroatoms. The van der Waals surface area contributed by atoms with Crippen LogP contribution in [0.5, 0.6) is 0 Å². The highest BCUT2D eigenvalue weighted by atomic mass is 32.1. The average molecular weight is 295 g/mol. The van der Waals surface area contributed by atoms with Crippen molar-refractivity contribution >= 4 is 23.2 Å². The first-order valence-electron chi connectivity index (χ1n) is 6.85. The molecule has 1 aromatic rings. The molecule has 0 aromatic carbocycles. The normalized spacial score (nSPS) is 18.9. The van der Waals surface area contributed by atoms with Crippen molar-refractivity contribution < 1.29 is 9.59 Å². The van der Waals surface area contributed by atoms with E-state index < -0.39 is 6.04 Å². The highest BCUT2D eigenvalue weighted by Crippen LogP contribution is 2.21. The van der Waals surface area contributed by atoms with Gasteiger partial charge in [0, 0.05) is 33.7 Å². The monoisotopic (exact) mass is 295 g/mol. The van der Waals surface area contributed by atoms with E-state index in [1.807, 2.05) is 18.4 Å². The predicted octanol–water partition coefficient (Wildman–Crippen LogP) is 0.813. The molecule has 1 atom stereocenters. The van der Waals surface area contributed by atoms with Crippen LogP contribution in [0.15, 0.2) is 11.4 Å². The van der Waals surface area contributed by atoms with Crippen LogP contribution in [-0.2, 0) is 11.2 Å². The quantitative estimate of drug-likeness (QED) is 0.898. The molecule has 1 aliphatic heterocycles. The number of nitrogens with zero attached hydrogens (tertiary/aromatic N) is 2. The van der Waals surface area contributed by atoms with E-state index in [1.54, 1.807) is 23.9 Å². The largest absolute Gasteiger partial charge is 0.347 e. The van der Waals surface area contributed by atoms with Gasteiger partial charge < -0.3 is 15.1 Å². The Balaban J connectivity index is 2.24. The smallest absolute Gasteiger partial charge is 0.264 e. The first-order chi connectivity index (χ1) is 9.56. The molecule has 1 aliphatic rings. The van der Waals surface area contributed by atoms with Gasteiger partial charge in [0.15, 0.2) is 0 Å². The van der Waals surface area contributed by atoms with Crippen LogP contribution >= 0.6 is 11.3 Å². The maximum Gasteiger partial charge on any atom is 0.264 e. The number of nitrogens with one attached hydrogen (secondary N) is 1. The van der Waals surface area contributed by atoms with Gasteiger partial charge in [-0.25, -0.2) is 0 Å². The molecule has 1 saturated heterocycles. The minimum Gasteiger partial charge on any atom is -0.347 e. The van der Waals surface area contributed by atoms with E-state index in [-0.39, 0.29) is 11.8 Å². The van der Waals surface area contributed by atoms with E-state index in [4.69, 9.17) is 0 Å². The van der Waals surface area contributed by atoms with E-state index in [2.05, 4.69) is 5.32 Å². The van der Waals surface area contributed by atoms with Crippen LogP contribution in [0.3, 0.4) is 0 Å². The van der Waals surface area contributed by atoms with Crippen LogP contribution < -0.4 is 5.32 Å². The van der Waals surface area contributed by atoms with Gasteiger partial charge >= 0.3 is 0 Å². The summed E-state index contributed by atoms with van der Waals surface area (Å²) in [4.78, 5) is 29.0. The van der Waals surface area contributed by atoms with Gasteiger partial charge in [0.05, 0.1) is 4.88 Å². The van der Waals surface area contributed by atoms with Crippen LogP contribution in [0.2, 0.25) is 0 Å². The van der Waals surface area contributed by atoms with Crippen LogP contribution in [0, 0.1) is 0 Å². The molecule has 2 heterocycles. The second-order valence-electron chi connectivity index (χ2n) is 5.08. The van der Waals surface area contributed by atoms with Crippen molar-refractivity contribution in [2.45, 2.75) is 19.4 Å². The van der Waals surface area contributed by atoms with Crippen LogP contribution in [0.4, 0.5) is 0 Å². The maximum atomic E-state index is 12.7. The molecule has 0 radical (unpaired) electrons. The van der Waals surface area contributed by atoms with Crippen molar-refractivity contribution in [3.63, 3.8) is 0 Å². The molecule has 1 N–H and O–H groups in total. The third kappa shape index (κ3) is 2.86. The number of rotatable bonds is 3. The number of likely N-dealkylation sites (N-methyl/N-ethyl adjacent to an activating group) is 1. The van der Waals surface area contributed by atoms with Gasteiger partial charge in [-0.05, 0) is 23.4 Å². The summed E-state index contributed by atoms with van der Waals surface area (Å²) in [6, 6.07) is 1.58. The van der Waals surface area contributed by atoms with E-state index in [9.17, 15) is 9.59 Å². The number of aryl methyl sites for hydroxylation is 1. The number of carbonyl (C=O) groups is 2. The lowest BCUT2D eigenvalue weighted by Gasteiger charge is -2.36. The highest BCUT2D eigenvalue weighted by Gasteiger charge is 2.34. The number of carbonyl (C=O) groups excluding carboxylic acids is 2. The summed E-state index contributed by atoms with van der Waals surface area (Å²) in [5, 5.41) is 5.13. The number of hydrogen-bond acceptors (Lipinski definition) is 4. The Morgan fingerprint density at radius 3 is 2.90 bits per heavy atom. The van der Waals surface area contributed by atoms with Crippen molar-refractivity contribution in [2.24, 2.45) is 0 Å². The highest BCUT2D eigenvalue weighted by molar-refractivity contribution is 7.12. The summed E-state index contributed by atoms with van der Waals surface area (Å²) in [6.45, 7) is 3.87. The summed E-state index contributed by atoms with van der Waals surface area (Å²) in [6.07, 6.45) is 0.836. The van der Waals surface area contributed by atoms with Crippen LogP contribution in [-0.4, -0.2) is 61.4 Å². The van der Waals surface area contributed by atoms with Gasteiger partial charge in [-0.15, -0.1) is 11.3 Å². The Kier molecular flexibility index (Phi) is 4.77. The van der Waals surface area contributed by atoms with Gasteiger partial charge in [-0.2, -0.15) is 0 Å². The molecule has 5 nitrogen and oxygen atoms in total. The molecule has 0 saturated carbocycles. The van der Waals surface area contributed by atoms with Crippen molar-refractivity contribution in [3.05, 3.63) is 21.9 Å². The van der Waals surface area contributed by atoms with E-state index in [0.717, 1.165) is 23.4 Å². The summed E-state index contributed by atoms with van der Waals surface area (Å²) in [5.74, 6) is -0.0429. The maximum absolute atomic E-state index is 12.7. The molecular weight excluding hydrogens is 274 g/mol. The summed E-state index contributed by atoms with van der Waals surface area (Å²) in [5.41, 5.74) is 1.06. The lowest BCUT2D eigenvalue weighted by molar-refractivity contribution is -0.134. The van der Waals surface area contributed by atoms with Crippen LogP contribution in [0.25, 0.3) is 0 Å². The second kappa shape index (κ2) is 6.37. The zero-order chi connectivity index (χ0) is 14.7. The molecule has 0 aliphatic carbocycles. The minimum absolute atomic E-state index is 0.0152. The Bertz CT molecular complexity index is 498. The standard InChI is InChI=1S/C14H21N3O2S/c1-4-10-5-8-20-12(10)14(19)17-7-6-15-9-11(17)13(18)16(2)3/h5,8,11,15H,4,6-7,9H2,1-3H3. The molecule has 2 amide bonds. The van der Waals surface area contributed by atoms with Crippen molar-refractivity contribution in [2.75, 3.05) is 33.7 Å². The van der Waals surface area contributed by atoms with Gasteiger partial charge in [0.1, 0.15) is 6.04 Å². The fraction of sp³-hybridized carbons (Fsp3) is 0.571. The molecule has 1 aromatic heterocycles. The van der Waals surface area contributed by atoms with Gasteiger partial charge in [-0.1, -0.05) is 6.92 Å². The SMILES string of the molecule is CCc1ccsc1C(=O)N1CCNCC1C(=O)N(C)C. The Morgan fingerprint density at radius 2 is 2.25 bits per heavy atom.